The first-order chi connectivity index (χ1) is 10.3. The summed E-state index contributed by atoms with van der Waals surface area (Å²) in [6, 6.07) is 7.93. The lowest BCUT2D eigenvalue weighted by Gasteiger charge is -2.38. The Morgan fingerprint density at radius 2 is 1.76 bits per heavy atom. The Morgan fingerprint density at radius 1 is 1.10 bits per heavy atom. The zero-order valence-electron chi connectivity index (χ0n) is 12.3. The molecular formula is C16H23N3O2. The molecule has 5 heteroatoms. The summed E-state index contributed by atoms with van der Waals surface area (Å²) in [4.78, 5) is 16.8. The third-order valence-electron chi connectivity index (χ3n) is 4.44. The van der Waals surface area contributed by atoms with Crippen LogP contribution in [0, 0.1) is 5.92 Å². The highest BCUT2D eigenvalue weighted by atomic mass is 16.5. The summed E-state index contributed by atoms with van der Waals surface area (Å²) >= 11 is 0. The van der Waals surface area contributed by atoms with Gasteiger partial charge in [-0.1, -0.05) is 12.1 Å². The molecule has 0 bridgehead atoms. The molecule has 3 rings (SSSR count). The third kappa shape index (κ3) is 3.13. The number of benzene rings is 1. The highest BCUT2D eigenvalue weighted by molar-refractivity contribution is 5.79. The number of rotatable bonds is 2. The summed E-state index contributed by atoms with van der Waals surface area (Å²) in [6.07, 6.45) is 1.73. The molecule has 0 saturated carbocycles. The molecule has 21 heavy (non-hydrogen) atoms. The second-order valence-electron chi connectivity index (χ2n) is 5.76. The molecule has 0 aromatic heterocycles. The molecule has 2 fully saturated rings. The molecule has 2 N–H and O–H groups in total. The molecule has 5 nitrogen and oxygen atoms in total. The molecule has 1 aromatic carbocycles. The Kier molecular flexibility index (Phi) is 4.29. The van der Waals surface area contributed by atoms with Gasteiger partial charge in [-0.25, -0.2) is 0 Å². The number of piperazine rings is 1. The van der Waals surface area contributed by atoms with E-state index in [0.29, 0.717) is 5.91 Å². The van der Waals surface area contributed by atoms with Crippen LogP contribution in [0.4, 0.5) is 11.4 Å². The second-order valence-corrected chi connectivity index (χ2v) is 5.76. The van der Waals surface area contributed by atoms with E-state index in [-0.39, 0.29) is 5.92 Å². The Balaban J connectivity index is 1.57. The van der Waals surface area contributed by atoms with Crippen LogP contribution in [-0.2, 0) is 9.53 Å². The van der Waals surface area contributed by atoms with Crippen LogP contribution in [0.15, 0.2) is 24.3 Å². The molecule has 0 aliphatic carbocycles. The second kappa shape index (κ2) is 6.35. The molecule has 0 unspecified atom stereocenters. The Labute approximate surface area is 125 Å². The molecule has 2 aliphatic rings. The van der Waals surface area contributed by atoms with E-state index >= 15 is 0 Å². The van der Waals surface area contributed by atoms with Crippen LogP contribution in [0.5, 0.6) is 0 Å². The van der Waals surface area contributed by atoms with Gasteiger partial charge in [-0.2, -0.15) is 0 Å². The summed E-state index contributed by atoms with van der Waals surface area (Å²) in [7, 11) is 0. The average molecular weight is 289 g/mol. The van der Waals surface area contributed by atoms with Gasteiger partial charge >= 0.3 is 0 Å². The number of hydrogen-bond acceptors (Lipinski definition) is 4. The van der Waals surface area contributed by atoms with Gasteiger partial charge in [0.15, 0.2) is 0 Å². The van der Waals surface area contributed by atoms with Crippen LogP contribution in [-0.4, -0.2) is 50.2 Å². The highest BCUT2D eigenvalue weighted by Gasteiger charge is 2.29. The van der Waals surface area contributed by atoms with Gasteiger partial charge in [-0.05, 0) is 25.0 Å². The van der Waals surface area contributed by atoms with Crippen molar-refractivity contribution in [3.8, 4) is 0 Å². The van der Waals surface area contributed by atoms with Crippen LogP contribution in [0.1, 0.15) is 12.8 Å². The van der Waals surface area contributed by atoms with Crippen LogP contribution in [0.25, 0.3) is 0 Å². The monoisotopic (exact) mass is 289 g/mol. The van der Waals surface area contributed by atoms with Gasteiger partial charge in [0.1, 0.15) is 0 Å². The molecule has 1 aromatic rings. The number of nitrogens with two attached hydrogens (primary N) is 1. The van der Waals surface area contributed by atoms with Crippen molar-refractivity contribution in [2.24, 2.45) is 5.92 Å². The van der Waals surface area contributed by atoms with Crippen molar-refractivity contribution in [2.45, 2.75) is 12.8 Å². The van der Waals surface area contributed by atoms with Gasteiger partial charge in [-0.15, -0.1) is 0 Å². The topological polar surface area (TPSA) is 58.8 Å². The van der Waals surface area contributed by atoms with Crippen molar-refractivity contribution in [2.75, 3.05) is 50.0 Å². The molecule has 114 valence electrons. The summed E-state index contributed by atoms with van der Waals surface area (Å²) in [5, 5.41) is 0. The van der Waals surface area contributed by atoms with Crippen LogP contribution >= 0.6 is 0 Å². The molecule has 0 radical (unpaired) electrons. The zero-order chi connectivity index (χ0) is 14.7. The van der Waals surface area contributed by atoms with E-state index < -0.39 is 0 Å². The first-order valence-electron chi connectivity index (χ1n) is 7.71. The van der Waals surface area contributed by atoms with Gasteiger partial charge in [-0.3, -0.25) is 4.79 Å². The van der Waals surface area contributed by atoms with Gasteiger partial charge in [0, 0.05) is 45.3 Å². The minimum Gasteiger partial charge on any atom is -0.397 e. The predicted octanol–water partition coefficient (Wildman–Crippen LogP) is 1.34. The van der Waals surface area contributed by atoms with Gasteiger partial charge in [0.25, 0.3) is 0 Å². The van der Waals surface area contributed by atoms with Crippen molar-refractivity contribution in [1.82, 2.24) is 4.90 Å². The van der Waals surface area contributed by atoms with E-state index in [1.807, 2.05) is 29.2 Å². The maximum absolute atomic E-state index is 12.5. The highest BCUT2D eigenvalue weighted by Crippen LogP contribution is 2.24. The van der Waals surface area contributed by atoms with Gasteiger partial charge in [0.05, 0.1) is 11.4 Å². The SMILES string of the molecule is Nc1ccccc1N1CCN(C(=O)C2CCOCC2)CC1. The maximum Gasteiger partial charge on any atom is 0.225 e. The van der Waals surface area contributed by atoms with Crippen molar-refractivity contribution in [3.63, 3.8) is 0 Å². The van der Waals surface area contributed by atoms with Crippen LogP contribution < -0.4 is 10.6 Å². The summed E-state index contributed by atoms with van der Waals surface area (Å²) < 4.78 is 5.33. The quantitative estimate of drug-likeness (QED) is 0.835. The normalized spacial score (nSPS) is 20.6. The standard InChI is InChI=1S/C16H23N3O2/c17-14-3-1-2-4-15(14)18-7-9-19(10-8-18)16(20)13-5-11-21-12-6-13/h1-4,13H,5-12,17H2. The largest absolute Gasteiger partial charge is 0.397 e. The summed E-state index contributed by atoms with van der Waals surface area (Å²) in [6.45, 7) is 4.70. The number of nitrogen functional groups attached to an aromatic ring is 1. The first kappa shape index (κ1) is 14.2. The first-order valence-corrected chi connectivity index (χ1v) is 7.71. The maximum atomic E-state index is 12.5. The van der Waals surface area contributed by atoms with Crippen molar-refractivity contribution in [3.05, 3.63) is 24.3 Å². The number of para-hydroxylation sites is 2. The fourth-order valence-electron chi connectivity index (χ4n) is 3.15. The number of ether oxygens (including phenoxy) is 1. The zero-order valence-corrected chi connectivity index (χ0v) is 12.3. The number of anilines is 2. The number of carbonyl (C=O) groups is 1. The van der Waals surface area contributed by atoms with E-state index in [0.717, 1.165) is 63.6 Å². The molecule has 0 atom stereocenters. The van der Waals surface area contributed by atoms with Crippen molar-refractivity contribution >= 4 is 17.3 Å². The lowest BCUT2D eigenvalue weighted by atomic mass is 9.98. The van der Waals surface area contributed by atoms with Crippen LogP contribution in [0.2, 0.25) is 0 Å². The van der Waals surface area contributed by atoms with Crippen molar-refractivity contribution in [1.29, 1.82) is 0 Å². The fourth-order valence-corrected chi connectivity index (χ4v) is 3.15. The van der Waals surface area contributed by atoms with E-state index in [1.54, 1.807) is 0 Å². The molecule has 2 heterocycles. The van der Waals surface area contributed by atoms with E-state index in [1.165, 1.54) is 0 Å². The Bertz CT molecular complexity index is 492. The van der Waals surface area contributed by atoms with Crippen molar-refractivity contribution < 1.29 is 9.53 Å². The smallest absolute Gasteiger partial charge is 0.225 e. The van der Waals surface area contributed by atoms with Gasteiger partial charge < -0.3 is 20.3 Å². The number of amides is 1. The third-order valence-corrected chi connectivity index (χ3v) is 4.44. The van der Waals surface area contributed by atoms with E-state index in [4.69, 9.17) is 10.5 Å². The molecule has 1 amide bonds. The van der Waals surface area contributed by atoms with E-state index in [9.17, 15) is 4.79 Å². The lowest BCUT2D eigenvalue weighted by molar-refractivity contribution is -0.138. The minimum atomic E-state index is 0.159. The minimum absolute atomic E-state index is 0.159. The molecular weight excluding hydrogens is 266 g/mol. The summed E-state index contributed by atoms with van der Waals surface area (Å²) in [5.74, 6) is 0.464. The van der Waals surface area contributed by atoms with Crippen LogP contribution in [0.3, 0.4) is 0 Å². The average Bonchev–Trinajstić information content (AvgIpc) is 2.56. The Hall–Kier alpha value is -1.75. The fraction of sp³-hybridized carbons (Fsp3) is 0.562. The lowest BCUT2D eigenvalue weighted by Crippen LogP contribution is -2.51. The van der Waals surface area contributed by atoms with E-state index in [2.05, 4.69) is 4.90 Å². The molecule has 2 aliphatic heterocycles. The molecule has 0 spiro atoms. The number of nitrogens with zero attached hydrogens (tertiary/aromatic N) is 2. The number of hydrogen-bond donors (Lipinski definition) is 1. The van der Waals surface area contributed by atoms with Gasteiger partial charge in [0.2, 0.25) is 5.91 Å². The molecule has 2 saturated heterocycles. The summed E-state index contributed by atoms with van der Waals surface area (Å²) in [5.41, 5.74) is 7.91. The predicted molar refractivity (Wildman–Crippen MR) is 83.2 cm³/mol. The number of carbonyl (C=O) groups excluding carboxylic acids is 1. The Morgan fingerprint density at radius 3 is 2.43 bits per heavy atom.